The van der Waals surface area contributed by atoms with Crippen LogP contribution in [-0.2, 0) is 14.2 Å². The summed E-state index contributed by atoms with van der Waals surface area (Å²) in [6.07, 6.45) is 0.733. The zero-order valence-electron chi connectivity index (χ0n) is 8.01. The first-order valence-electron chi connectivity index (χ1n) is 3.75. The van der Waals surface area contributed by atoms with E-state index in [1.807, 2.05) is 0 Å². The predicted octanol–water partition coefficient (Wildman–Crippen LogP) is 1.63. The summed E-state index contributed by atoms with van der Waals surface area (Å²) < 4.78 is 15.3. The molecule has 0 atom stereocenters. The maximum absolute atomic E-state index is 5.10. The van der Waals surface area contributed by atoms with Gasteiger partial charge >= 0.3 is 0 Å². The Hall–Kier alpha value is -0.120. The molecule has 0 aliphatic carbocycles. The van der Waals surface area contributed by atoms with Crippen LogP contribution in [0.25, 0.3) is 0 Å². The lowest BCUT2D eigenvalue weighted by Crippen LogP contribution is -2.37. The Labute approximate surface area is 68.6 Å². The van der Waals surface area contributed by atoms with E-state index in [9.17, 15) is 0 Å². The fourth-order valence-corrected chi connectivity index (χ4v) is 1.00. The Morgan fingerprint density at radius 2 is 1.36 bits per heavy atom. The van der Waals surface area contributed by atoms with Crippen LogP contribution in [0.2, 0.25) is 0 Å². The van der Waals surface area contributed by atoms with Gasteiger partial charge in [0.05, 0.1) is 0 Å². The first-order chi connectivity index (χ1) is 5.10. The fourth-order valence-electron chi connectivity index (χ4n) is 1.00. The molecule has 0 aromatic heterocycles. The van der Waals surface area contributed by atoms with E-state index in [1.165, 1.54) is 0 Å². The summed E-state index contributed by atoms with van der Waals surface area (Å²) in [6.45, 7) is 4.18. The van der Waals surface area contributed by atoms with Crippen LogP contribution < -0.4 is 0 Å². The van der Waals surface area contributed by atoms with Crippen LogP contribution in [0, 0.1) is 5.92 Å². The topological polar surface area (TPSA) is 27.7 Å². The van der Waals surface area contributed by atoms with Gasteiger partial charge in [-0.3, -0.25) is 0 Å². The molecule has 11 heavy (non-hydrogen) atoms. The van der Waals surface area contributed by atoms with Gasteiger partial charge in [-0.25, -0.2) is 0 Å². The van der Waals surface area contributed by atoms with Gasteiger partial charge in [-0.2, -0.15) is 0 Å². The number of hydrogen-bond donors (Lipinski definition) is 0. The summed E-state index contributed by atoms with van der Waals surface area (Å²) in [6, 6.07) is 0. The molecule has 0 fully saturated rings. The van der Waals surface area contributed by atoms with Crippen LogP contribution in [0.15, 0.2) is 0 Å². The average molecular weight is 162 g/mol. The molecule has 0 aliphatic heterocycles. The Morgan fingerprint density at radius 1 is 1.00 bits per heavy atom. The highest BCUT2D eigenvalue weighted by Crippen LogP contribution is 2.21. The molecular weight excluding hydrogens is 144 g/mol. The molecule has 0 rings (SSSR count). The maximum Gasteiger partial charge on any atom is 0.282 e. The molecule has 0 aromatic carbocycles. The van der Waals surface area contributed by atoms with E-state index in [0.717, 1.165) is 6.42 Å². The minimum atomic E-state index is -0.853. The second kappa shape index (κ2) is 4.70. The third-order valence-electron chi connectivity index (χ3n) is 1.59. The molecule has 0 aliphatic rings. The van der Waals surface area contributed by atoms with E-state index in [2.05, 4.69) is 13.8 Å². The van der Waals surface area contributed by atoms with Gasteiger partial charge in [-0.15, -0.1) is 0 Å². The van der Waals surface area contributed by atoms with Crippen LogP contribution in [-0.4, -0.2) is 27.3 Å². The van der Waals surface area contributed by atoms with Crippen molar-refractivity contribution in [1.29, 1.82) is 0 Å². The van der Waals surface area contributed by atoms with E-state index >= 15 is 0 Å². The molecule has 0 amide bonds. The zero-order chi connectivity index (χ0) is 8.91. The van der Waals surface area contributed by atoms with Gasteiger partial charge in [-0.1, -0.05) is 13.8 Å². The first kappa shape index (κ1) is 10.9. The van der Waals surface area contributed by atoms with Crippen molar-refractivity contribution in [2.45, 2.75) is 26.2 Å². The molecule has 3 nitrogen and oxygen atoms in total. The molecule has 0 unspecified atom stereocenters. The van der Waals surface area contributed by atoms with Crippen molar-refractivity contribution in [1.82, 2.24) is 0 Å². The van der Waals surface area contributed by atoms with Crippen molar-refractivity contribution in [2.75, 3.05) is 21.3 Å². The third kappa shape index (κ3) is 3.18. The van der Waals surface area contributed by atoms with Gasteiger partial charge < -0.3 is 14.2 Å². The maximum atomic E-state index is 5.10. The van der Waals surface area contributed by atoms with Gasteiger partial charge in [0.15, 0.2) is 0 Å². The number of methoxy groups -OCH3 is 3. The third-order valence-corrected chi connectivity index (χ3v) is 1.59. The van der Waals surface area contributed by atoms with Gasteiger partial charge in [-0.05, 0) is 5.92 Å². The molecular formula is C8H18O3. The minimum absolute atomic E-state index is 0.481. The molecule has 0 N–H and O–H groups in total. The van der Waals surface area contributed by atoms with Crippen LogP contribution >= 0.6 is 0 Å². The van der Waals surface area contributed by atoms with E-state index in [-0.39, 0.29) is 0 Å². The molecule has 0 heterocycles. The second-order valence-electron chi connectivity index (χ2n) is 2.89. The summed E-state index contributed by atoms with van der Waals surface area (Å²) in [5, 5.41) is 0. The summed E-state index contributed by atoms with van der Waals surface area (Å²) in [7, 11) is 4.74. The monoisotopic (exact) mass is 162 g/mol. The number of ether oxygens (including phenoxy) is 3. The predicted molar refractivity (Wildman–Crippen MR) is 43.2 cm³/mol. The quantitative estimate of drug-likeness (QED) is 0.575. The molecule has 0 saturated heterocycles. The SMILES string of the molecule is COC(CC(C)C)(OC)OC. The van der Waals surface area contributed by atoms with E-state index in [1.54, 1.807) is 21.3 Å². The van der Waals surface area contributed by atoms with Crippen LogP contribution in [0.1, 0.15) is 20.3 Å². The summed E-state index contributed by atoms with van der Waals surface area (Å²) in [5.74, 6) is -0.372. The highest BCUT2D eigenvalue weighted by molar-refractivity contribution is 4.58. The van der Waals surface area contributed by atoms with E-state index in [0.29, 0.717) is 5.92 Å². The minimum Gasteiger partial charge on any atom is -0.331 e. The standard InChI is InChI=1S/C8H18O3/c1-7(2)6-8(9-3,10-4)11-5/h7H,6H2,1-5H3. The highest BCUT2D eigenvalue weighted by atomic mass is 16.9. The number of rotatable bonds is 5. The summed E-state index contributed by atoms with van der Waals surface area (Å²) in [5.41, 5.74) is 0. The Bertz CT molecular complexity index is 89.2. The van der Waals surface area contributed by atoms with Gasteiger partial charge in [0.25, 0.3) is 5.97 Å². The van der Waals surface area contributed by atoms with Crippen molar-refractivity contribution in [2.24, 2.45) is 5.92 Å². The lowest BCUT2D eigenvalue weighted by atomic mass is 10.1. The summed E-state index contributed by atoms with van der Waals surface area (Å²) in [4.78, 5) is 0. The molecule has 0 spiro atoms. The molecule has 0 radical (unpaired) electrons. The van der Waals surface area contributed by atoms with Crippen molar-refractivity contribution >= 4 is 0 Å². The largest absolute Gasteiger partial charge is 0.331 e. The van der Waals surface area contributed by atoms with Crippen LogP contribution in [0.4, 0.5) is 0 Å². The fraction of sp³-hybridized carbons (Fsp3) is 1.00. The molecule has 3 heteroatoms. The zero-order valence-corrected chi connectivity index (χ0v) is 8.01. The van der Waals surface area contributed by atoms with Gasteiger partial charge in [0.1, 0.15) is 0 Å². The number of hydrogen-bond acceptors (Lipinski definition) is 3. The lowest BCUT2D eigenvalue weighted by Gasteiger charge is -2.30. The smallest absolute Gasteiger partial charge is 0.282 e. The van der Waals surface area contributed by atoms with Crippen molar-refractivity contribution in [3.05, 3.63) is 0 Å². The average Bonchev–Trinajstić information content (AvgIpc) is 2.00. The Kier molecular flexibility index (Phi) is 4.65. The Balaban J connectivity index is 4.05. The highest BCUT2D eigenvalue weighted by Gasteiger charge is 2.30. The molecule has 0 bridgehead atoms. The van der Waals surface area contributed by atoms with Crippen LogP contribution in [0.5, 0.6) is 0 Å². The molecule has 0 saturated carbocycles. The molecule has 68 valence electrons. The van der Waals surface area contributed by atoms with E-state index < -0.39 is 5.97 Å². The van der Waals surface area contributed by atoms with Gasteiger partial charge in [0, 0.05) is 27.8 Å². The second-order valence-corrected chi connectivity index (χ2v) is 2.89. The van der Waals surface area contributed by atoms with Crippen molar-refractivity contribution < 1.29 is 14.2 Å². The van der Waals surface area contributed by atoms with Gasteiger partial charge in [0.2, 0.25) is 0 Å². The van der Waals surface area contributed by atoms with Crippen molar-refractivity contribution in [3.63, 3.8) is 0 Å². The summed E-state index contributed by atoms with van der Waals surface area (Å²) >= 11 is 0. The molecule has 0 aromatic rings. The van der Waals surface area contributed by atoms with Crippen LogP contribution in [0.3, 0.4) is 0 Å². The normalized spacial score (nSPS) is 12.5. The lowest BCUT2D eigenvalue weighted by molar-refractivity contribution is -0.358. The first-order valence-corrected chi connectivity index (χ1v) is 3.75. The Morgan fingerprint density at radius 3 is 1.45 bits per heavy atom. The van der Waals surface area contributed by atoms with Crippen molar-refractivity contribution in [3.8, 4) is 0 Å². The van der Waals surface area contributed by atoms with E-state index in [4.69, 9.17) is 14.2 Å².